The van der Waals surface area contributed by atoms with Gasteiger partial charge >= 0.3 is 0 Å². The predicted octanol–water partition coefficient (Wildman–Crippen LogP) is 5.50. The molecule has 0 radical (unpaired) electrons. The third-order valence-corrected chi connectivity index (χ3v) is 4.27. The molecule has 0 atom stereocenters. The molecule has 1 aromatic rings. The standard InChI is InChI=1S/C17H24S/c1-16(2,3)14-8-7-12-11-18-10-9-13(12)15(14)17(4,5)6/h7-10H,11H2,1-6H3. The molecule has 0 fully saturated rings. The second-order valence-electron chi connectivity index (χ2n) is 7.17. The van der Waals surface area contributed by atoms with Crippen LogP contribution in [0.2, 0.25) is 0 Å². The molecule has 0 saturated heterocycles. The molecule has 1 heterocycles. The highest BCUT2D eigenvalue weighted by Crippen LogP contribution is 2.40. The van der Waals surface area contributed by atoms with Gasteiger partial charge in [0.2, 0.25) is 0 Å². The molecule has 1 aliphatic heterocycles. The van der Waals surface area contributed by atoms with Gasteiger partial charge in [0, 0.05) is 5.75 Å². The first-order valence-electron chi connectivity index (χ1n) is 6.66. The maximum Gasteiger partial charge on any atom is 0.0232 e. The van der Waals surface area contributed by atoms with Crippen molar-refractivity contribution < 1.29 is 0 Å². The number of benzene rings is 1. The van der Waals surface area contributed by atoms with Gasteiger partial charge in [0.05, 0.1) is 0 Å². The van der Waals surface area contributed by atoms with Crippen LogP contribution in [0.1, 0.15) is 63.8 Å². The molecule has 1 heteroatoms. The van der Waals surface area contributed by atoms with Crippen molar-refractivity contribution >= 4 is 17.8 Å². The van der Waals surface area contributed by atoms with E-state index in [0.717, 1.165) is 5.75 Å². The van der Waals surface area contributed by atoms with E-state index >= 15 is 0 Å². The SMILES string of the molecule is CC(C)(C)c1ccc2c(c1C(C)(C)C)C=CSC2. The summed E-state index contributed by atoms with van der Waals surface area (Å²) in [6.07, 6.45) is 2.30. The molecular weight excluding hydrogens is 236 g/mol. The smallest absolute Gasteiger partial charge is 0.0232 e. The van der Waals surface area contributed by atoms with Gasteiger partial charge in [-0.3, -0.25) is 0 Å². The average molecular weight is 260 g/mol. The Balaban J connectivity index is 2.75. The minimum absolute atomic E-state index is 0.195. The number of rotatable bonds is 0. The van der Waals surface area contributed by atoms with E-state index in [0.29, 0.717) is 0 Å². The van der Waals surface area contributed by atoms with Gasteiger partial charge in [-0.15, -0.1) is 11.8 Å². The number of hydrogen-bond donors (Lipinski definition) is 0. The fraction of sp³-hybridized carbons (Fsp3) is 0.529. The Labute approximate surface area is 116 Å². The van der Waals surface area contributed by atoms with E-state index in [9.17, 15) is 0 Å². The Kier molecular flexibility index (Phi) is 3.40. The lowest BCUT2D eigenvalue weighted by atomic mass is 9.72. The van der Waals surface area contributed by atoms with Crippen molar-refractivity contribution in [2.75, 3.05) is 0 Å². The van der Waals surface area contributed by atoms with Gasteiger partial charge in [0.25, 0.3) is 0 Å². The molecule has 0 N–H and O–H groups in total. The van der Waals surface area contributed by atoms with Crippen LogP contribution in [0.25, 0.3) is 6.08 Å². The van der Waals surface area contributed by atoms with Crippen molar-refractivity contribution in [1.82, 2.24) is 0 Å². The molecule has 1 aliphatic rings. The van der Waals surface area contributed by atoms with E-state index in [1.54, 1.807) is 0 Å². The maximum atomic E-state index is 2.35. The summed E-state index contributed by atoms with van der Waals surface area (Å²) in [6, 6.07) is 4.67. The van der Waals surface area contributed by atoms with Gasteiger partial charge in [-0.1, -0.05) is 53.7 Å². The predicted molar refractivity (Wildman–Crippen MR) is 84.2 cm³/mol. The summed E-state index contributed by atoms with van der Waals surface area (Å²) >= 11 is 1.89. The van der Waals surface area contributed by atoms with Crippen molar-refractivity contribution in [1.29, 1.82) is 0 Å². The van der Waals surface area contributed by atoms with Gasteiger partial charge in [0.15, 0.2) is 0 Å². The molecule has 18 heavy (non-hydrogen) atoms. The van der Waals surface area contributed by atoms with Gasteiger partial charge in [-0.05, 0) is 44.6 Å². The van der Waals surface area contributed by atoms with E-state index in [1.807, 2.05) is 11.8 Å². The molecular formula is C17H24S. The third-order valence-electron chi connectivity index (χ3n) is 3.46. The Morgan fingerprint density at radius 1 is 0.944 bits per heavy atom. The number of thioether (sulfide) groups is 1. The molecule has 0 spiro atoms. The van der Waals surface area contributed by atoms with E-state index in [2.05, 4.69) is 65.2 Å². The summed E-state index contributed by atoms with van der Waals surface area (Å²) < 4.78 is 0. The first-order valence-corrected chi connectivity index (χ1v) is 7.71. The molecule has 0 unspecified atom stereocenters. The molecule has 0 aromatic heterocycles. The fourth-order valence-electron chi connectivity index (χ4n) is 2.67. The lowest BCUT2D eigenvalue weighted by Crippen LogP contribution is -2.24. The quantitative estimate of drug-likeness (QED) is 0.593. The Hall–Kier alpha value is -0.690. The number of hydrogen-bond acceptors (Lipinski definition) is 1. The molecule has 0 nitrogen and oxygen atoms in total. The summed E-state index contributed by atoms with van der Waals surface area (Å²) in [4.78, 5) is 0. The second kappa shape index (κ2) is 4.45. The van der Waals surface area contributed by atoms with Crippen LogP contribution in [0.5, 0.6) is 0 Å². The lowest BCUT2D eigenvalue weighted by Gasteiger charge is -2.33. The van der Waals surface area contributed by atoms with Crippen molar-refractivity contribution in [3.63, 3.8) is 0 Å². The van der Waals surface area contributed by atoms with Crippen molar-refractivity contribution in [2.24, 2.45) is 0 Å². The highest BCUT2D eigenvalue weighted by molar-refractivity contribution is 8.01. The van der Waals surface area contributed by atoms with Crippen LogP contribution in [0.3, 0.4) is 0 Å². The Bertz CT molecular complexity index is 482. The maximum absolute atomic E-state index is 2.35. The van der Waals surface area contributed by atoms with Crippen molar-refractivity contribution in [3.8, 4) is 0 Å². The zero-order chi connectivity index (χ0) is 13.6. The monoisotopic (exact) mass is 260 g/mol. The van der Waals surface area contributed by atoms with E-state index in [1.165, 1.54) is 22.3 Å². The van der Waals surface area contributed by atoms with Crippen LogP contribution >= 0.6 is 11.8 Å². The summed E-state index contributed by atoms with van der Waals surface area (Å²) in [6.45, 7) is 13.9. The number of fused-ring (bicyclic) bond motifs is 1. The van der Waals surface area contributed by atoms with E-state index in [4.69, 9.17) is 0 Å². The zero-order valence-corrected chi connectivity index (χ0v) is 13.2. The highest BCUT2D eigenvalue weighted by Gasteiger charge is 2.28. The minimum atomic E-state index is 0.195. The van der Waals surface area contributed by atoms with Crippen LogP contribution in [-0.4, -0.2) is 0 Å². The minimum Gasteiger partial charge on any atom is -0.129 e. The second-order valence-corrected chi connectivity index (χ2v) is 8.07. The van der Waals surface area contributed by atoms with Crippen molar-refractivity contribution in [3.05, 3.63) is 39.8 Å². The van der Waals surface area contributed by atoms with Crippen molar-refractivity contribution in [2.45, 2.75) is 58.1 Å². The molecule has 0 bridgehead atoms. The topological polar surface area (TPSA) is 0 Å². The molecule has 0 saturated carbocycles. The van der Waals surface area contributed by atoms with Gasteiger partial charge in [-0.2, -0.15) is 0 Å². The molecule has 2 rings (SSSR count). The molecule has 98 valence electrons. The Morgan fingerprint density at radius 3 is 2.17 bits per heavy atom. The lowest BCUT2D eigenvalue weighted by molar-refractivity contribution is 0.529. The first kappa shape index (κ1) is 13.7. The normalized spacial score (nSPS) is 15.7. The molecule has 0 aliphatic carbocycles. The fourth-order valence-corrected chi connectivity index (χ4v) is 3.43. The van der Waals surface area contributed by atoms with E-state index in [-0.39, 0.29) is 10.8 Å². The summed E-state index contributed by atoms with van der Waals surface area (Å²) in [7, 11) is 0. The van der Waals surface area contributed by atoms with Crippen LogP contribution in [0.15, 0.2) is 17.5 Å². The van der Waals surface area contributed by atoms with Crippen LogP contribution in [-0.2, 0) is 16.6 Å². The zero-order valence-electron chi connectivity index (χ0n) is 12.4. The van der Waals surface area contributed by atoms with Gasteiger partial charge in [-0.25, -0.2) is 0 Å². The first-order chi connectivity index (χ1) is 8.21. The highest BCUT2D eigenvalue weighted by atomic mass is 32.2. The van der Waals surface area contributed by atoms with Crippen LogP contribution in [0, 0.1) is 0 Å². The summed E-state index contributed by atoms with van der Waals surface area (Å²) in [5.74, 6) is 1.11. The molecule has 0 amide bonds. The summed E-state index contributed by atoms with van der Waals surface area (Å²) in [5.41, 5.74) is 6.37. The van der Waals surface area contributed by atoms with Crippen LogP contribution < -0.4 is 0 Å². The third kappa shape index (κ3) is 2.51. The average Bonchev–Trinajstić information content (AvgIpc) is 2.24. The molecule has 1 aromatic carbocycles. The van der Waals surface area contributed by atoms with Crippen LogP contribution in [0.4, 0.5) is 0 Å². The largest absolute Gasteiger partial charge is 0.129 e. The van der Waals surface area contributed by atoms with E-state index < -0.39 is 0 Å². The van der Waals surface area contributed by atoms with Gasteiger partial charge in [0.1, 0.15) is 0 Å². The Morgan fingerprint density at radius 2 is 1.61 bits per heavy atom. The summed E-state index contributed by atoms with van der Waals surface area (Å²) in [5, 5.41) is 2.24. The van der Waals surface area contributed by atoms with Gasteiger partial charge < -0.3 is 0 Å².